The summed E-state index contributed by atoms with van der Waals surface area (Å²) in [5, 5.41) is 15.7. The van der Waals surface area contributed by atoms with Crippen LogP contribution in [0.25, 0.3) is 26.3 Å². The number of nitriles is 1. The Balaban J connectivity index is 2.14. The predicted molar refractivity (Wildman–Crippen MR) is 106 cm³/mol. The molecule has 0 bridgehead atoms. The van der Waals surface area contributed by atoms with Crippen molar-refractivity contribution in [1.82, 2.24) is 0 Å². The van der Waals surface area contributed by atoms with Crippen LogP contribution in [0, 0.1) is 11.3 Å². The highest BCUT2D eigenvalue weighted by Gasteiger charge is 2.14. The van der Waals surface area contributed by atoms with Crippen LogP contribution in [0.1, 0.15) is 5.56 Å². The first-order chi connectivity index (χ1) is 11.2. The molecule has 0 amide bonds. The van der Waals surface area contributed by atoms with Gasteiger partial charge in [0.2, 0.25) is 0 Å². The second kappa shape index (κ2) is 5.80. The van der Waals surface area contributed by atoms with Crippen LogP contribution in [0.2, 0.25) is 0 Å². The third kappa shape index (κ3) is 2.52. The van der Waals surface area contributed by atoms with E-state index in [9.17, 15) is 0 Å². The zero-order chi connectivity index (χ0) is 16.0. The van der Waals surface area contributed by atoms with Gasteiger partial charge in [-0.05, 0) is 64.6 Å². The molecular formula is C19H10Br2NP. The molecule has 3 aromatic carbocycles. The Hall–Kier alpha value is -1.59. The molecule has 0 saturated heterocycles. The van der Waals surface area contributed by atoms with Gasteiger partial charge in [-0.15, -0.1) is 0 Å². The second-order valence-electron chi connectivity index (χ2n) is 5.32. The van der Waals surface area contributed by atoms with Gasteiger partial charge in [-0.25, -0.2) is 0 Å². The molecule has 1 nitrogen and oxygen atoms in total. The van der Waals surface area contributed by atoms with Gasteiger partial charge in [-0.2, -0.15) is 5.26 Å². The summed E-state index contributed by atoms with van der Waals surface area (Å²) >= 11 is 7.21. The lowest BCUT2D eigenvalue weighted by Crippen LogP contribution is -1.72. The summed E-state index contributed by atoms with van der Waals surface area (Å²) < 4.78 is 2.20. The molecule has 4 heteroatoms. The van der Waals surface area contributed by atoms with Crippen LogP contribution >= 0.6 is 39.4 Å². The maximum atomic E-state index is 9.03. The van der Waals surface area contributed by atoms with Crippen molar-refractivity contribution in [3.63, 3.8) is 0 Å². The maximum absolute atomic E-state index is 9.03. The maximum Gasteiger partial charge on any atom is 0.0991 e. The largest absolute Gasteiger partial charge is 0.192 e. The van der Waals surface area contributed by atoms with Gasteiger partial charge in [0.25, 0.3) is 0 Å². The summed E-state index contributed by atoms with van der Waals surface area (Å²) in [4.78, 5) is 0. The van der Waals surface area contributed by atoms with Crippen molar-refractivity contribution in [3.8, 4) is 11.4 Å². The number of hydrogen-bond donors (Lipinski definition) is 0. The third-order valence-electron chi connectivity index (χ3n) is 3.95. The average Bonchev–Trinajstić information content (AvgIpc) is 2.87. The van der Waals surface area contributed by atoms with Gasteiger partial charge in [0.1, 0.15) is 0 Å². The first kappa shape index (κ1) is 15.0. The molecule has 4 aromatic rings. The quantitative estimate of drug-likeness (QED) is 0.302. The molecule has 0 spiro atoms. The van der Waals surface area contributed by atoms with E-state index in [2.05, 4.69) is 86.5 Å². The number of fused-ring (bicyclic) bond motifs is 3. The van der Waals surface area contributed by atoms with Gasteiger partial charge in [0.15, 0.2) is 0 Å². The molecule has 0 saturated carbocycles. The highest BCUT2D eigenvalue weighted by atomic mass is 79.9. The van der Waals surface area contributed by atoms with E-state index in [0.717, 1.165) is 8.95 Å². The lowest BCUT2D eigenvalue weighted by Gasteiger charge is -2.04. The van der Waals surface area contributed by atoms with Crippen molar-refractivity contribution in [2.75, 3.05) is 0 Å². The number of nitrogens with zero attached hydrogens (tertiary/aromatic N) is 1. The fourth-order valence-corrected chi connectivity index (χ4v) is 6.68. The summed E-state index contributed by atoms with van der Waals surface area (Å²) in [5.41, 5.74) is 0.701. The summed E-state index contributed by atoms with van der Waals surface area (Å²) in [6, 6.07) is 23.2. The molecule has 0 radical (unpaired) electrons. The van der Waals surface area contributed by atoms with Gasteiger partial charge < -0.3 is 0 Å². The summed E-state index contributed by atoms with van der Waals surface area (Å²) in [6.45, 7) is 0. The second-order valence-corrected chi connectivity index (χ2v) is 9.30. The molecule has 0 N–H and O–H groups in total. The Kier molecular flexibility index (Phi) is 3.77. The van der Waals surface area contributed by atoms with Crippen LogP contribution in [0.4, 0.5) is 0 Å². The van der Waals surface area contributed by atoms with Gasteiger partial charge >= 0.3 is 0 Å². The van der Waals surface area contributed by atoms with Crippen LogP contribution in [-0.2, 0) is 0 Å². The monoisotopic (exact) mass is 441 g/mol. The van der Waals surface area contributed by atoms with Crippen LogP contribution in [-0.4, -0.2) is 0 Å². The van der Waals surface area contributed by atoms with E-state index in [1.807, 2.05) is 12.1 Å². The minimum atomic E-state index is -0.591. The van der Waals surface area contributed by atoms with E-state index in [4.69, 9.17) is 5.26 Å². The summed E-state index contributed by atoms with van der Waals surface area (Å²) in [5.74, 6) is 0. The molecule has 0 aliphatic rings. The van der Waals surface area contributed by atoms with Crippen LogP contribution < -0.4 is 0 Å². The molecule has 4 rings (SSSR count). The van der Waals surface area contributed by atoms with E-state index < -0.39 is 7.53 Å². The van der Waals surface area contributed by atoms with Crippen LogP contribution in [0.3, 0.4) is 0 Å². The molecule has 0 unspecified atom stereocenters. The number of hydrogen-bond acceptors (Lipinski definition) is 1. The van der Waals surface area contributed by atoms with Crippen molar-refractivity contribution in [3.05, 3.63) is 75.2 Å². The normalized spacial score (nSPS) is 11.0. The molecule has 0 atom stereocenters. The van der Waals surface area contributed by atoms with E-state index in [-0.39, 0.29) is 0 Å². The van der Waals surface area contributed by atoms with E-state index in [1.165, 1.54) is 26.3 Å². The van der Waals surface area contributed by atoms with Gasteiger partial charge in [0.05, 0.1) is 11.6 Å². The van der Waals surface area contributed by atoms with Crippen LogP contribution in [0.15, 0.2) is 69.6 Å². The topological polar surface area (TPSA) is 23.8 Å². The Labute approximate surface area is 151 Å². The zero-order valence-corrected chi connectivity index (χ0v) is 16.0. The van der Waals surface area contributed by atoms with Gasteiger partial charge in [-0.1, -0.05) is 51.5 Å². The third-order valence-corrected chi connectivity index (χ3v) is 7.45. The number of halogens is 2. The van der Waals surface area contributed by atoms with Crippen LogP contribution in [0.5, 0.6) is 0 Å². The zero-order valence-electron chi connectivity index (χ0n) is 11.9. The smallest absolute Gasteiger partial charge is 0.0991 e. The number of rotatable bonds is 1. The summed E-state index contributed by atoms with van der Waals surface area (Å²) in [6.07, 6.45) is 0. The first-order valence-electron chi connectivity index (χ1n) is 7.07. The minimum absolute atomic E-state index is 0.591. The van der Waals surface area contributed by atoms with Crippen molar-refractivity contribution >= 4 is 60.4 Å². The van der Waals surface area contributed by atoms with E-state index in [0.29, 0.717) is 5.56 Å². The first-order valence-corrected chi connectivity index (χ1v) is 10.00. The van der Waals surface area contributed by atoms with Crippen molar-refractivity contribution in [2.45, 2.75) is 0 Å². The Morgan fingerprint density at radius 2 is 1.26 bits per heavy atom. The standard InChI is InChI=1S/C19H10Br2NP/c20-13-3-7-16-17-8-4-14(21)10-19(17)23(18(16)9-13)15-5-1-12(11-22)2-6-15/h1-10H. The van der Waals surface area contributed by atoms with Crippen molar-refractivity contribution in [1.29, 1.82) is 5.26 Å². The SMILES string of the molecule is N#Cc1ccc(-p2c3cc(Br)ccc3c3ccc(Br)cc32)cc1. The highest BCUT2D eigenvalue weighted by Crippen LogP contribution is 2.55. The molecular weight excluding hydrogens is 433 g/mol. The molecule has 0 aliphatic heterocycles. The minimum Gasteiger partial charge on any atom is -0.192 e. The molecule has 0 fully saturated rings. The Morgan fingerprint density at radius 1 is 0.739 bits per heavy atom. The lowest BCUT2D eigenvalue weighted by molar-refractivity contribution is 1.49. The molecule has 23 heavy (non-hydrogen) atoms. The predicted octanol–water partition coefficient (Wildman–Crippen LogP) is 7.37. The fourth-order valence-electron chi connectivity index (χ4n) is 2.93. The Bertz CT molecular complexity index is 1030. The fraction of sp³-hybridized carbons (Fsp3) is 0. The average molecular weight is 443 g/mol. The molecule has 110 valence electrons. The Morgan fingerprint density at radius 3 is 1.74 bits per heavy atom. The molecule has 1 aromatic heterocycles. The van der Waals surface area contributed by atoms with E-state index in [1.54, 1.807) is 0 Å². The molecule has 0 aliphatic carbocycles. The number of benzene rings is 3. The highest BCUT2D eigenvalue weighted by molar-refractivity contribution is 9.10. The van der Waals surface area contributed by atoms with Gasteiger partial charge in [0, 0.05) is 19.2 Å². The molecule has 1 heterocycles. The van der Waals surface area contributed by atoms with E-state index >= 15 is 0 Å². The van der Waals surface area contributed by atoms with Gasteiger partial charge in [-0.3, -0.25) is 0 Å². The van der Waals surface area contributed by atoms with Crippen molar-refractivity contribution < 1.29 is 0 Å². The lowest BCUT2D eigenvalue weighted by atomic mass is 10.2. The summed E-state index contributed by atoms with van der Waals surface area (Å²) in [7, 11) is -0.591. The van der Waals surface area contributed by atoms with Crippen molar-refractivity contribution in [2.24, 2.45) is 0 Å².